The molecule has 0 spiro atoms. The molecule has 2 atom stereocenters. The van der Waals surface area contributed by atoms with Gasteiger partial charge in [-0.1, -0.05) is 0 Å². The number of nitrogens with one attached hydrogen (secondary N) is 2. The van der Waals surface area contributed by atoms with Gasteiger partial charge >= 0.3 is 6.18 Å². The van der Waals surface area contributed by atoms with Crippen LogP contribution in [0.3, 0.4) is 0 Å². The predicted octanol–water partition coefficient (Wildman–Crippen LogP) is 3.84. The van der Waals surface area contributed by atoms with Gasteiger partial charge in [0.2, 0.25) is 5.95 Å². The number of hydrogen-bond acceptors (Lipinski definition) is 6. The molecule has 5 rings (SSSR count). The normalized spacial score (nSPS) is 24.6. The molecule has 1 saturated heterocycles. The molecule has 29 heavy (non-hydrogen) atoms. The fourth-order valence-corrected chi connectivity index (χ4v) is 4.32. The van der Waals surface area contributed by atoms with Crippen LogP contribution in [0, 0.1) is 12.8 Å². The van der Waals surface area contributed by atoms with Crippen molar-refractivity contribution in [1.82, 2.24) is 19.7 Å². The van der Waals surface area contributed by atoms with Gasteiger partial charge in [0.25, 0.3) is 0 Å². The number of aryl methyl sites for hydroxylation is 1. The van der Waals surface area contributed by atoms with Crippen molar-refractivity contribution >= 4 is 17.6 Å². The van der Waals surface area contributed by atoms with Gasteiger partial charge in [0, 0.05) is 17.7 Å². The lowest BCUT2D eigenvalue weighted by atomic mass is 9.93. The first kappa shape index (κ1) is 18.7. The van der Waals surface area contributed by atoms with Crippen LogP contribution in [-0.4, -0.2) is 39.0 Å². The largest absolute Gasteiger partial charge is 0.421 e. The summed E-state index contributed by atoms with van der Waals surface area (Å²) in [6.07, 6.45) is 1.14. The predicted molar refractivity (Wildman–Crippen MR) is 100 cm³/mol. The number of aromatic nitrogens is 4. The summed E-state index contributed by atoms with van der Waals surface area (Å²) in [5.41, 5.74) is 1.15. The molecule has 7 nitrogen and oxygen atoms in total. The van der Waals surface area contributed by atoms with E-state index in [2.05, 4.69) is 20.6 Å². The molecule has 2 fully saturated rings. The zero-order valence-electron chi connectivity index (χ0n) is 16.1. The third kappa shape index (κ3) is 3.33. The highest BCUT2D eigenvalue weighted by atomic mass is 19.4. The van der Waals surface area contributed by atoms with Gasteiger partial charge in [0.1, 0.15) is 17.2 Å². The van der Waals surface area contributed by atoms with Crippen LogP contribution >= 0.6 is 0 Å². The molecule has 10 heteroatoms. The van der Waals surface area contributed by atoms with Crippen LogP contribution in [0.25, 0.3) is 0 Å². The van der Waals surface area contributed by atoms with E-state index in [4.69, 9.17) is 9.84 Å². The van der Waals surface area contributed by atoms with Gasteiger partial charge in [-0.3, -0.25) is 0 Å². The Balaban J connectivity index is 1.61. The second kappa shape index (κ2) is 6.86. The van der Waals surface area contributed by atoms with Crippen LogP contribution in [-0.2, 0) is 17.3 Å². The molecule has 156 valence electrons. The Morgan fingerprint density at radius 1 is 1.21 bits per heavy atom. The first-order chi connectivity index (χ1) is 13.9. The lowest BCUT2D eigenvalue weighted by molar-refractivity contribution is -0.137. The molecule has 4 heterocycles. The van der Waals surface area contributed by atoms with Crippen LogP contribution < -0.4 is 10.6 Å². The topological polar surface area (TPSA) is 76.9 Å². The van der Waals surface area contributed by atoms with E-state index in [0.717, 1.165) is 55.4 Å². The summed E-state index contributed by atoms with van der Waals surface area (Å²) in [5.74, 6) is 0.840. The second-order valence-corrected chi connectivity index (χ2v) is 8.11. The Labute approximate surface area is 166 Å². The highest BCUT2D eigenvalue weighted by Crippen LogP contribution is 2.39. The average Bonchev–Trinajstić information content (AvgIpc) is 3.15. The zero-order valence-corrected chi connectivity index (χ0v) is 16.1. The van der Waals surface area contributed by atoms with Gasteiger partial charge in [-0.15, -0.1) is 0 Å². The molecule has 0 amide bonds. The van der Waals surface area contributed by atoms with Crippen LogP contribution in [0.1, 0.15) is 48.5 Å². The number of rotatable bonds is 1. The Kier molecular flexibility index (Phi) is 4.41. The summed E-state index contributed by atoms with van der Waals surface area (Å²) < 4.78 is 48.1. The maximum atomic E-state index is 13.5. The number of ether oxygens (including phenoxy) is 1. The fraction of sp³-hybridized carbons (Fsp3) is 0.632. The monoisotopic (exact) mass is 408 g/mol. The van der Waals surface area contributed by atoms with Crippen molar-refractivity contribution < 1.29 is 17.9 Å². The molecule has 1 saturated carbocycles. The van der Waals surface area contributed by atoms with Crippen molar-refractivity contribution in [3.8, 4) is 0 Å². The van der Waals surface area contributed by atoms with Crippen molar-refractivity contribution in [2.24, 2.45) is 5.92 Å². The lowest BCUT2D eigenvalue weighted by Crippen LogP contribution is -2.30. The molecular weight excluding hydrogens is 385 g/mol. The molecule has 2 aromatic rings. The molecular formula is C19H23F3N6O. The quantitative estimate of drug-likeness (QED) is 0.747. The van der Waals surface area contributed by atoms with Crippen LogP contribution in [0.2, 0.25) is 0 Å². The molecule has 2 bridgehead atoms. The summed E-state index contributed by atoms with van der Waals surface area (Å²) in [7, 11) is 0. The van der Waals surface area contributed by atoms with E-state index in [1.165, 1.54) is 0 Å². The summed E-state index contributed by atoms with van der Waals surface area (Å²) >= 11 is 0. The van der Waals surface area contributed by atoms with Crippen molar-refractivity contribution in [1.29, 1.82) is 0 Å². The van der Waals surface area contributed by atoms with E-state index in [0.29, 0.717) is 19.3 Å². The Hall–Kier alpha value is -2.36. The molecule has 2 N–H and O–H groups in total. The number of nitrogens with zero attached hydrogens (tertiary/aromatic N) is 4. The third-order valence-electron chi connectivity index (χ3n) is 6.24. The third-order valence-corrected chi connectivity index (χ3v) is 6.24. The van der Waals surface area contributed by atoms with Crippen molar-refractivity contribution in [2.45, 2.75) is 57.3 Å². The molecule has 3 aliphatic rings. The SMILES string of the molecule is Cc1nn(C2CCC2)c2c1CCC1COC[C@@H]1Nc1nc(ncc1C(F)(F)F)N2. The van der Waals surface area contributed by atoms with Gasteiger partial charge in [-0.05, 0) is 39.0 Å². The summed E-state index contributed by atoms with van der Waals surface area (Å²) in [6, 6.07) is 0.0899. The summed E-state index contributed by atoms with van der Waals surface area (Å²) in [4.78, 5) is 8.17. The zero-order chi connectivity index (χ0) is 20.2. The van der Waals surface area contributed by atoms with E-state index < -0.39 is 11.7 Å². The van der Waals surface area contributed by atoms with E-state index in [1.807, 2.05) is 11.6 Å². The minimum Gasteiger partial charge on any atom is -0.379 e. The van der Waals surface area contributed by atoms with Crippen molar-refractivity contribution in [3.05, 3.63) is 23.0 Å². The Bertz CT molecular complexity index is 923. The van der Waals surface area contributed by atoms with Gasteiger partial charge in [-0.25, -0.2) is 9.67 Å². The highest BCUT2D eigenvalue weighted by molar-refractivity contribution is 5.59. The van der Waals surface area contributed by atoms with Gasteiger partial charge in [0.05, 0.1) is 31.0 Å². The molecule has 0 radical (unpaired) electrons. The summed E-state index contributed by atoms with van der Waals surface area (Å²) in [6.45, 7) is 2.87. The summed E-state index contributed by atoms with van der Waals surface area (Å²) in [5, 5.41) is 10.9. The molecule has 2 aliphatic heterocycles. The van der Waals surface area contributed by atoms with Crippen LogP contribution in [0.5, 0.6) is 0 Å². The maximum Gasteiger partial charge on any atom is 0.421 e. The Morgan fingerprint density at radius 3 is 2.76 bits per heavy atom. The standard InChI is InChI=1S/C19H23F3N6O/c1-10-13-6-5-11-8-29-9-15(11)24-16-14(19(20,21)22)7-23-18(25-16)26-17(13)28(27-10)12-3-2-4-12/h7,11-12,15H,2-6,8-9H2,1H3,(H2,23,24,25,26)/t11?,15-/m0/s1. The van der Waals surface area contributed by atoms with Crippen LogP contribution in [0.4, 0.5) is 30.8 Å². The molecule has 1 aliphatic carbocycles. The maximum absolute atomic E-state index is 13.5. The number of alkyl halides is 3. The lowest BCUT2D eigenvalue weighted by Gasteiger charge is -2.27. The smallest absolute Gasteiger partial charge is 0.379 e. The molecule has 2 aromatic heterocycles. The second-order valence-electron chi connectivity index (χ2n) is 8.11. The number of anilines is 3. The minimum atomic E-state index is -4.54. The number of halogens is 3. The Morgan fingerprint density at radius 2 is 2.03 bits per heavy atom. The number of hydrogen-bond donors (Lipinski definition) is 2. The van der Waals surface area contributed by atoms with Crippen molar-refractivity contribution in [2.75, 3.05) is 23.8 Å². The van der Waals surface area contributed by atoms with Gasteiger partial charge in [-0.2, -0.15) is 23.3 Å². The van der Waals surface area contributed by atoms with E-state index >= 15 is 0 Å². The first-order valence-corrected chi connectivity index (χ1v) is 10.0. The van der Waals surface area contributed by atoms with Crippen LogP contribution in [0.15, 0.2) is 6.20 Å². The van der Waals surface area contributed by atoms with E-state index in [-0.39, 0.29) is 23.7 Å². The molecule has 1 unspecified atom stereocenters. The van der Waals surface area contributed by atoms with Gasteiger partial charge < -0.3 is 15.4 Å². The van der Waals surface area contributed by atoms with E-state index in [1.54, 1.807) is 0 Å². The number of fused-ring (bicyclic) bond motifs is 4. The van der Waals surface area contributed by atoms with E-state index in [9.17, 15) is 13.2 Å². The fourth-order valence-electron chi connectivity index (χ4n) is 4.32. The average molecular weight is 408 g/mol. The minimum absolute atomic E-state index is 0.104. The highest BCUT2D eigenvalue weighted by Gasteiger charge is 2.38. The first-order valence-electron chi connectivity index (χ1n) is 10.0. The van der Waals surface area contributed by atoms with Crippen molar-refractivity contribution in [3.63, 3.8) is 0 Å². The van der Waals surface area contributed by atoms with Gasteiger partial charge in [0.15, 0.2) is 0 Å². The molecule has 0 aromatic carbocycles.